The first-order valence-corrected chi connectivity index (χ1v) is 6.62. The number of H-pyrrole nitrogens is 2. The number of rotatable bonds is 3. The third-order valence-electron chi connectivity index (χ3n) is 2.70. The van der Waals surface area contributed by atoms with Gasteiger partial charge in [-0.15, -0.1) is 0 Å². The third kappa shape index (κ3) is 3.45. The number of aromatic nitrogens is 2. The van der Waals surface area contributed by atoms with E-state index >= 15 is 0 Å². The van der Waals surface area contributed by atoms with E-state index in [4.69, 9.17) is 0 Å². The zero-order valence-electron chi connectivity index (χ0n) is 10.6. The Bertz CT molecular complexity index is 764. The quantitative estimate of drug-likeness (QED) is 0.788. The molecule has 0 atom stereocenters. The van der Waals surface area contributed by atoms with E-state index in [0.29, 0.717) is 11.4 Å². The van der Waals surface area contributed by atoms with Crippen LogP contribution in [0.4, 0.5) is 5.69 Å². The van der Waals surface area contributed by atoms with Crippen LogP contribution in [-0.2, 0) is 11.2 Å². The first-order valence-electron chi connectivity index (χ1n) is 5.83. The second kappa shape index (κ2) is 5.87. The van der Waals surface area contributed by atoms with Gasteiger partial charge < -0.3 is 10.3 Å². The number of aromatic amines is 2. The Morgan fingerprint density at radius 3 is 2.70 bits per heavy atom. The Morgan fingerprint density at radius 2 is 2.05 bits per heavy atom. The van der Waals surface area contributed by atoms with E-state index in [1.807, 2.05) is 6.07 Å². The SMILES string of the molecule is Cc1[nH]c(=O)[nH]c(=O)c1CC(=O)Nc1cccc(Br)c1. The molecule has 104 valence electrons. The molecule has 1 aromatic heterocycles. The van der Waals surface area contributed by atoms with Gasteiger partial charge in [0.25, 0.3) is 5.56 Å². The molecule has 0 radical (unpaired) electrons. The molecule has 0 bridgehead atoms. The summed E-state index contributed by atoms with van der Waals surface area (Å²) in [6.45, 7) is 1.58. The Labute approximate surface area is 122 Å². The van der Waals surface area contributed by atoms with Crippen molar-refractivity contribution >= 4 is 27.5 Å². The van der Waals surface area contributed by atoms with Gasteiger partial charge in [-0.25, -0.2) is 4.79 Å². The molecule has 0 aliphatic carbocycles. The molecule has 0 aliphatic heterocycles. The number of hydrogen-bond donors (Lipinski definition) is 3. The molecule has 2 aromatic rings. The van der Waals surface area contributed by atoms with Crippen molar-refractivity contribution in [3.8, 4) is 0 Å². The summed E-state index contributed by atoms with van der Waals surface area (Å²) in [6.07, 6.45) is -0.107. The van der Waals surface area contributed by atoms with E-state index in [0.717, 1.165) is 4.47 Å². The van der Waals surface area contributed by atoms with E-state index < -0.39 is 11.2 Å². The lowest BCUT2D eigenvalue weighted by atomic mass is 10.1. The molecule has 20 heavy (non-hydrogen) atoms. The molecule has 0 fully saturated rings. The molecular formula is C13H12BrN3O3. The number of halogens is 1. The molecule has 0 unspecified atom stereocenters. The van der Waals surface area contributed by atoms with Crippen LogP contribution in [0.2, 0.25) is 0 Å². The second-order valence-electron chi connectivity index (χ2n) is 4.25. The number of hydrogen-bond acceptors (Lipinski definition) is 3. The van der Waals surface area contributed by atoms with Crippen LogP contribution in [0.15, 0.2) is 38.3 Å². The second-order valence-corrected chi connectivity index (χ2v) is 5.16. The molecule has 7 heteroatoms. The Morgan fingerprint density at radius 1 is 1.30 bits per heavy atom. The third-order valence-corrected chi connectivity index (χ3v) is 3.19. The summed E-state index contributed by atoms with van der Waals surface area (Å²) in [5.74, 6) is -0.330. The Balaban J connectivity index is 2.17. The molecule has 0 saturated heterocycles. The molecule has 0 spiro atoms. The van der Waals surface area contributed by atoms with Gasteiger partial charge >= 0.3 is 5.69 Å². The maximum atomic E-state index is 11.9. The Hall–Kier alpha value is -2.15. The van der Waals surface area contributed by atoms with E-state index in [1.165, 1.54) is 0 Å². The predicted octanol–water partition coefficient (Wildman–Crippen LogP) is 1.32. The van der Waals surface area contributed by atoms with Gasteiger partial charge in [0.05, 0.1) is 6.42 Å². The van der Waals surface area contributed by atoms with Crippen LogP contribution >= 0.6 is 15.9 Å². The summed E-state index contributed by atoms with van der Waals surface area (Å²) < 4.78 is 0.841. The summed E-state index contributed by atoms with van der Waals surface area (Å²) in [4.78, 5) is 39.2. The van der Waals surface area contributed by atoms with Crippen molar-refractivity contribution in [3.05, 3.63) is 60.8 Å². The number of anilines is 1. The molecule has 0 aliphatic rings. The van der Waals surface area contributed by atoms with Gasteiger partial charge in [0.1, 0.15) is 0 Å². The zero-order chi connectivity index (χ0) is 14.7. The lowest BCUT2D eigenvalue weighted by Gasteiger charge is -2.06. The fraction of sp³-hybridized carbons (Fsp3) is 0.154. The van der Waals surface area contributed by atoms with Crippen LogP contribution in [0.5, 0.6) is 0 Å². The van der Waals surface area contributed by atoms with E-state index in [1.54, 1.807) is 25.1 Å². The van der Waals surface area contributed by atoms with Crippen LogP contribution in [0.1, 0.15) is 11.3 Å². The molecule has 1 aromatic carbocycles. The average Bonchev–Trinajstić information content (AvgIpc) is 2.33. The monoisotopic (exact) mass is 337 g/mol. The van der Waals surface area contributed by atoms with Crippen molar-refractivity contribution in [1.29, 1.82) is 0 Å². The van der Waals surface area contributed by atoms with Gasteiger partial charge in [0, 0.05) is 21.4 Å². The molecule has 2 rings (SSSR count). The average molecular weight is 338 g/mol. The molecule has 3 N–H and O–H groups in total. The van der Waals surface area contributed by atoms with Crippen LogP contribution in [0, 0.1) is 6.92 Å². The maximum absolute atomic E-state index is 11.9. The number of carbonyl (C=O) groups excluding carboxylic acids is 1. The highest BCUT2D eigenvalue weighted by Crippen LogP contribution is 2.15. The largest absolute Gasteiger partial charge is 0.326 e. The van der Waals surface area contributed by atoms with Crippen LogP contribution in [0.3, 0.4) is 0 Å². The highest BCUT2D eigenvalue weighted by atomic mass is 79.9. The standard InChI is InChI=1S/C13H12BrN3O3/c1-7-10(12(19)17-13(20)15-7)6-11(18)16-9-4-2-3-8(14)5-9/h2-5H,6H2,1H3,(H,16,18)(H2,15,17,19,20). The highest BCUT2D eigenvalue weighted by Gasteiger charge is 2.11. The minimum Gasteiger partial charge on any atom is -0.326 e. The topological polar surface area (TPSA) is 94.8 Å². The number of nitrogens with one attached hydrogen (secondary N) is 3. The fourth-order valence-electron chi connectivity index (χ4n) is 1.77. The van der Waals surface area contributed by atoms with Gasteiger partial charge in [-0.05, 0) is 25.1 Å². The van der Waals surface area contributed by atoms with Gasteiger partial charge in [0.2, 0.25) is 5.91 Å². The number of aryl methyl sites for hydroxylation is 1. The smallest absolute Gasteiger partial charge is 0.325 e. The minimum absolute atomic E-state index is 0.107. The van der Waals surface area contributed by atoms with E-state index in [2.05, 4.69) is 31.2 Å². The van der Waals surface area contributed by atoms with Gasteiger partial charge in [-0.2, -0.15) is 0 Å². The Kier molecular flexibility index (Phi) is 4.19. The fourth-order valence-corrected chi connectivity index (χ4v) is 2.17. The van der Waals surface area contributed by atoms with Crippen LogP contribution in [0.25, 0.3) is 0 Å². The normalized spacial score (nSPS) is 10.3. The first-order chi connectivity index (χ1) is 9.45. The zero-order valence-corrected chi connectivity index (χ0v) is 12.2. The molecule has 6 nitrogen and oxygen atoms in total. The van der Waals surface area contributed by atoms with Crippen molar-refractivity contribution < 1.29 is 4.79 Å². The van der Waals surface area contributed by atoms with Gasteiger partial charge in [0.15, 0.2) is 0 Å². The first kappa shape index (κ1) is 14.3. The van der Waals surface area contributed by atoms with E-state index in [9.17, 15) is 14.4 Å². The van der Waals surface area contributed by atoms with Gasteiger partial charge in [-0.1, -0.05) is 22.0 Å². The molecule has 0 saturated carbocycles. The summed E-state index contributed by atoms with van der Waals surface area (Å²) >= 11 is 3.30. The van der Waals surface area contributed by atoms with E-state index in [-0.39, 0.29) is 17.9 Å². The lowest BCUT2D eigenvalue weighted by molar-refractivity contribution is -0.115. The summed E-state index contributed by atoms with van der Waals surface area (Å²) in [5.41, 5.74) is 0.141. The van der Waals surface area contributed by atoms with Crippen molar-refractivity contribution in [2.75, 3.05) is 5.32 Å². The summed E-state index contributed by atoms with van der Waals surface area (Å²) in [7, 11) is 0. The van der Waals surface area contributed by atoms with Crippen molar-refractivity contribution in [2.45, 2.75) is 13.3 Å². The van der Waals surface area contributed by atoms with Crippen LogP contribution < -0.4 is 16.6 Å². The lowest BCUT2D eigenvalue weighted by Crippen LogP contribution is -2.29. The number of carbonyl (C=O) groups is 1. The molecule has 1 heterocycles. The maximum Gasteiger partial charge on any atom is 0.325 e. The van der Waals surface area contributed by atoms with Crippen molar-refractivity contribution in [3.63, 3.8) is 0 Å². The minimum atomic E-state index is -0.580. The van der Waals surface area contributed by atoms with Crippen molar-refractivity contribution in [1.82, 2.24) is 9.97 Å². The summed E-state index contributed by atoms with van der Waals surface area (Å²) in [6, 6.07) is 7.12. The highest BCUT2D eigenvalue weighted by molar-refractivity contribution is 9.10. The molecule has 1 amide bonds. The summed E-state index contributed by atoms with van der Waals surface area (Å²) in [5, 5.41) is 2.69. The van der Waals surface area contributed by atoms with Crippen molar-refractivity contribution in [2.24, 2.45) is 0 Å². The number of benzene rings is 1. The molecular weight excluding hydrogens is 326 g/mol. The predicted molar refractivity (Wildman–Crippen MR) is 78.9 cm³/mol. The van der Waals surface area contributed by atoms with Crippen LogP contribution in [-0.4, -0.2) is 15.9 Å². The van der Waals surface area contributed by atoms with Gasteiger partial charge in [-0.3, -0.25) is 14.6 Å². The number of amides is 1.